The summed E-state index contributed by atoms with van der Waals surface area (Å²) in [4.78, 5) is 27.5. The molecule has 9 heteroatoms. The Morgan fingerprint density at radius 3 is 2.36 bits per heavy atom. The van der Waals surface area contributed by atoms with E-state index in [4.69, 9.17) is 9.47 Å². The summed E-state index contributed by atoms with van der Waals surface area (Å²) in [6, 6.07) is 12.7. The molecule has 1 aliphatic rings. The highest BCUT2D eigenvalue weighted by Crippen LogP contribution is 2.43. The molecule has 8 nitrogen and oxygen atoms in total. The number of aromatic nitrogens is 2. The van der Waals surface area contributed by atoms with Gasteiger partial charge in [0, 0.05) is 5.56 Å². The van der Waals surface area contributed by atoms with E-state index in [0.29, 0.717) is 34.2 Å². The van der Waals surface area contributed by atoms with Crippen molar-refractivity contribution in [2.75, 3.05) is 18.6 Å². The molecule has 1 N–H and O–H groups in total. The molecule has 3 aromatic rings. The van der Waals surface area contributed by atoms with E-state index in [1.165, 1.54) is 23.3 Å². The number of hydrogen-bond acceptors (Lipinski definition) is 8. The molecule has 33 heavy (non-hydrogen) atoms. The van der Waals surface area contributed by atoms with Crippen molar-refractivity contribution in [1.29, 1.82) is 0 Å². The Morgan fingerprint density at radius 2 is 1.79 bits per heavy atom. The van der Waals surface area contributed by atoms with Gasteiger partial charge in [-0.15, -0.1) is 10.2 Å². The molecule has 0 radical (unpaired) electrons. The van der Waals surface area contributed by atoms with Crippen molar-refractivity contribution in [2.24, 2.45) is 0 Å². The predicted molar refractivity (Wildman–Crippen MR) is 125 cm³/mol. The summed E-state index contributed by atoms with van der Waals surface area (Å²) in [5.74, 6) is -0.649. The van der Waals surface area contributed by atoms with Crippen LogP contribution in [0.3, 0.4) is 0 Å². The zero-order valence-corrected chi connectivity index (χ0v) is 18.8. The highest BCUT2D eigenvalue weighted by molar-refractivity contribution is 7.15. The lowest BCUT2D eigenvalue weighted by atomic mass is 9.95. The van der Waals surface area contributed by atoms with Gasteiger partial charge >= 0.3 is 5.91 Å². The average molecular weight is 464 g/mol. The number of nitrogens with zero attached hydrogens (tertiary/aromatic N) is 3. The molecule has 168 valence electrons. The van der Waals surface area contributed by atoms with Crippen LogP contribution in [0.5, 0.6) is 11.5 Å². The molecule has 1 aromatic heterocycles. The molecule has 0 saturated carbocycles. The summed E-state index contributed by atoms with van der Waals surface area (Å²) in [5.41, 5.74) is 0.971. The van der Waals surface area contributed by atoms with Crippen LogP contribution >= 0.6 is 11.3 Å². The van der Waals surface area contributed by atoms with Crippen LogP contribution in [0.4, 0.5) is 5.13 Å². The van der Waals surface area contributed by atoms with Crippen LogP contribution in [-0.2, 0) is 9.59 Å². The molecular formula is C24H21N3O5S. The summed E-state index contributed by atoms with van der Waals surface area (Å²) >= 11 is 1.19. The van der Waals surface area contributed by atoms with Crippen molar-refractivity contribution < 1.29 is 24.2 Å². The van der Waals surface area contributed by atoms with Gasteiger partial charge in [0.25, 0.3) is 5.78 Å². The summed E-state index contributed by atoms with van der Waals surface area (Å²) in [7, 11) is 1.53. The SMILES string of the molecule is C=CCOc1ccc(C2C(=C(O)c3ccc(OC)cc3)C(=O)C(=O)N2c2nnc(C)s2)cc1. The van der Waals surface area contributed by atoms with Crippen molar-refractivity contribution >= 4 is 33.9 Å². The molecule has 1 fully saturated rings. The molecule has 0 aliphatic carbocycles. The number of rotatable bonds is 7. The van der Waals surface area contributed by atoms with E-state index in [-0.39, 0.29) is 16.5 Å². The minimum absolute atomic E-state index is 0.0298. The van der Waals surface area contributed by atoms with Gasteiger partial charge in [0.15, 0.2) is 0 Å². The fourth-order valence-corrected chi connectivity index (χ4v) is 4.25. The molecule has 2 aromatic carbocycles. The molecule has 1 unspecified atom stereocenters. The average Bonchev–Trinajstić information content (AvgIpc) is 3.38. The highest BCUT2D eigenvalue weighted by atomic mass is 32.1. The van der Waals surface area contributed by atoms with E-state index in [1.54, 1.807) is 61.5 Å². The van der Waals surface area contributed by atoms with Crippen LogP contribution in [0.1, 0.15) is 22.2 Å². The largest absolute Gasteiger partial charge is 0.507 e. The van der Waals surface area contributed by atoms with Gasteiger partial charge in [-0.25, -0.2) is 0 Å². The molecule has 1 atom stereocenters. The van der Waals surface area contributed by atoms with Gasteiger partial charge in [-0.3, -0.25) is 14.5 Å². The van der Waals surface area contributed by atoms with E-state index in [0.717, 1.165) is 0 Å². The first-order chi connectivity index (χ1) is 15.9. The van der Waals surface area contributed by atoms with Crippen LogP contribution in [-0.4, -0.2) is 40.7 Å². The second-order valence-electron chi connectivity index (χ2n) is 7.17. The number of Topliss-reactive ketones (excluding diaryl/α,β-unsaturated/α-hetero) is 1. The molecule has 0 spiro atoms. The smallest absolute Gasteiger partial charge is 0.301 e. The fourth-order valence-electron chi connectivity index (χ4n) is 3.53. The number of amides is 1. The molecule has 1 saturated heterocycles. The maximum Gasteiger partial charge on any atom is 0.301 e. The zero-order chi connectivity index (χ0) is 23.5. The van der Waals surface area contributed by atoms with Gasteiger partial charge in [0.1, 0.15) is 28.9 Å². The number of ketones is 1. The van der Waals surface area contributed by atoms with E-state index in [1.807, 2.05) is 0 Å². The molecule has 2 heterocycles. The Bertz CT molecular complexity index is 1230. The second-order valence-corrected chi connectivity index (χ2v) is 8.33. The Labute approximate surface area is 194 Å². The van der Waals surface area contributed by atoms with E-state index in [2.05, 4.69) is 16.8 Å². The monoisotopic (exact) mass is 463 g/mol. The number of ether oxygens (including phenoxy) is 2. The number of aliphatic hydroxyl groups excluding tert-OH is 1. The molecule has 1 aliphatic heterocycles. The lowest BCUT2D eigenvalue weighted by molar-refractivity contribution is -0.132. The van der Waals surface area contributed by atoms with E-state index >= 15 is 0 Å². The van der Waals surface area contributed by atoms with Gasteiger partial charge in [-0.2, -0.15) is 0 Å². The van der Waals surface area contributed by atoms with Crippen LogP contribution < -0.4 is 14.4 Å². The standard InChI is InChI=1S/C24H21N3O5S/c1-4-13-32-18-11-5-15(6-12-18)20-19(21(28)16-7-9-17(31-3)10-8-16)22(29)23(30)27(20)24-26-25-14(2)33-24/h4-12,20,28H,1,13H2,2-3H3. The Hall–Kier alpha value is -3.98. The Morgan fingerprint density at radius 1 is 1.12 bits per heavy atom. The number of aryl methyl sites for hydroxylation is 1. The number of carbonyl (C=O) groups is 2. The first kappa shape index (κ1) is 22.2. The number of aliphatic hydroxyl groups is 1. The normalized spacial score (nSPS) is 17.3. The van der Waals surface area contributed by atoms with Crippen LogP contribution in [0.2, 0.25) is 0 Å². The van der Waals surface area contributed by atoms with Crippen LogP contribution in [0.15, 0.2) is 66.8 Å². The minimum atomic E-state index is -0.882. The number of methoxy groups -OCH3 is 1. The number of carbonyl (C=O) groups excluding carboxylic acids is 2. The Kier molecular flexibility index (Phi) is 6.23. The summed E-state index contributed by atoms with van der Waals surface area (Å²) in [6.45, 7) is 5.73. The first-order valence-electron chi connectivity index (χ1n) is 10.0. The fraction of sp³-hybridized carbons (Fsp3) is 0.167. The minimum Gasteiger partial charge on any atom is -0.507 e. The predicted octanol–water partition coefficient (Wildman–Crippen LogP) is 4.05. The maximum atomic E-state index is 13.1. The Balaban J connectivity index is 1.85. The van der Waals surface area contributed by atoms with Crippen molar-refractivity contribution in [3.8, 4) is 11.5 Å². The van der Waals surface area contributed by atoms with Gasteiger partial charge in [-0.1, -0.05) is 36.1 Å². The third-order valence-corrected chi connectivity index (χ3v) is 5.93. The van der Waals surface area contributed by atoms with E-state index < -0.39 is 17.7 Å². The summed E-state index contributed by atoms with van der Waals surface area (Å²) in [6.07, 6.45) is 1.63. The summed E-state index contributed by atoms with van der Waals surface area (Å²) in [5, 5.41) is 20.1. The quantitative estimate of drug-likeness (QED) is 0.244. The third kappa shape index (κ3) is 4.22. The lowest BCUT2D eigenvalue weighted by Crippen LogP contribution is -2.29. The molecule has 4 rings (SSSR count). The van der Waals surface area contributed by atoms with Crippen molar-refractivity contribution in [2.45, 2.75) is 13.0 Å². The number of hydrogen-bond donors (Lipinski definition) is 1. The van der Waals surface area contributed by atoms with Crippen molar-refractivity contribution in [1.82, 2.24) is 10.2 Å². The molecule has 1 amide bonds. The van der Waals surface area contributed by atoms with E-state index in [9.17, 15) is 14.7 Å². The zero-order valence-electron chi connectivity index (χ0n) is 18.0. The van der Waals surface area contributed by atoms with Crippen LogP contribution in [0.25, 0.3) is 5.76 Å². The lowest BCUT2D eigenvalue weighted by Gasteiger charge is -2.22. The second kappa shape index (κ2) is 9.25. The third-order valence-electron chi connectivity index (χ3n) is 5.09. The van der Waals surface area contributed by atoms with Crippen molar-refractivity contribution in [3.05, 3.63) is 82.9 Å². The van der Waals surface area contributed by atoms with Gasteiger partial charge < -0.3 is 14.6 Å². The molecule has 0 bridgehead atoms. The number of benzene rings is 2. The van der Waals surface area contributed by atoms with Crippen molar-refractivity contribution in [3.63, 3.8) is 0 Å². The molecular weight excluding hydrogens is 442 g/mol. The maximum absolute atomic E-state index is 13.1. The number of anilines is 1. The van der Waals surface area contributed by atoms with Gasteiger partial charge in [0.05, 0.1) is 18.7 Å². The van der Waals surface area contributed by atoms with Gasteiger partial charge in [-0.05, 0) is 48.9 Å². The topological polar surface area (TPSA) is 102 Å². The highest BCUT2D eigenvalue weighted by Gasteiger charge is 2.48. The van der Waals surface area contributed by atoms with Crippen LogP contribution in [0, 0.1) is 6.92 Å². The van der Waals surface area contributed by atoms with Gasteiger partial charge in [0.2, 0.25) is 5.13 Å². The summed E-state index contributed by atoms with van der Waals surface area (Å²) < 4.78 is 10.7. The first-order valence-corrected chi connectivity index (χ1v) is 10.9.